The molecule has 1 atom stereocenters. The Balaban J connectivity index is 0.794. The largest absolute Gasteiger partial charge is 0.496 e. The van der Waals surface area contributed by atoms with Crippen LogP contribution >= 0.6 is 11.6 Å². The molecular formula is C48H57ClF3N9O6. The maximum Gasteiger partial charge on any atom is 0.416 e. The third-order valence-corrected chi connectivity index (χ3v) is 13.9. The summed E-state index contributed by atoms with van der Waals surface area (Å²) in [7, 11) is 1.63. The minimum atomic E-state index is -4.53. The Morgan fingerprint density at radius 2 is 1.66 bits per heavy atom. The number of aryl methyl sites for hydroxylation is 1. The Morgan fingerprint density at radius 3 is 2.34 bits per heavy atom. The summed E-state index contributed by atoms with van der Waals surface area (Å²) in [5.41, 5.74) is 7.52. The summed E-state index contributed by atoms with van der Waals surface area (Å²) >= 11 is 6.35. The van der Waals surface area contributed by atoms with Gasteiger partial charge in [0.25, 0.3) is 5.91 Å². The van der Waals surface area contributed by atoms with Crippen molar-refractivity contribution in [3.05, 3.63) is 76.1 Å². The van der Waals surface area contributed by atoms with Crippen LogP contribution in [-0.4, -0.2) is 114 Å². The number of carbonyl (C=O) groups excluding carboxylic acids is 4. The Kier molecular flexibility index (Phi) is 14.3. The SMILES string of the molecule is COc1cc2nc(C)nc(N[C@H](C)c3cc(N)cc(C(F)(F)F)c3)c2cc1C1CCC(C(=O)N2CCN(CC3CCN(C(=O)COc4ccc(Cl)c(N5CCC(=O)NC5=O)c4)CC3)CC2)CC1. The zero-order chi connectivity index (χ0) is 47.6. The minimum absolute atomic E-state index is 0.0248. The molecule has 8 rings (SSSR count). The number of hydrogen-bond donors (Lipinski definition) is 3. The fourth-order valence-corrected chi connectivity index (χ4v) is 10.1. The first kappa shape index (κ1) is 47.6. The summed E-state index contributed by atoms with van der Waals surface area (Å²) in [5, 5.41) is 6.66. The molecule has 1 aliphatic carbocycles. The van der Waals surface area contributed by atoms with E-state index in [1.54, 1.807) is 39.2 Å². The number of nitrogens with one attached hydrogen (secondary N) is 2. The second kappa shape index (κ2) is 20.1. The van der Waals surface area contributed by atoms with Gasteiger partial charge < -0.3 is 30.3 Å². The lowest BCUT2D eigenvalue weighted by Gasteiger charge is -2.40. The molecule has 3 saturated heterocycles. The molecule has 1 aromatic heterocycles. The van der Waals surface area contributed by atoms with Gasteiger partial charge in [0.2, 0.25) is 11.8 Å². The van der Waals surface area contributed by atoms with Crippen molar-refractivity contribution >= 4 is 63.4 Å². The van der Waals surface area contributed by atoms with Crippen LogP contribution in [0.5, 0.6) is 11.5 Å². The molecule has 67 heavy (non-hydrogen) atoms. The molecule has 4 heterocycles. The van der Waals surface area contributed by atoms with Gasteiger partial charge in [-0.2, -0.15) is 13.2 Å². The number of methoxy groups -OCH3 is 1. The molecule has 4 aliphatic rings. The van der Waals surface area contributed by atoms with E-state index in [9.17, 15) is 32.3 Å². The number of nitrogens with two attached hydrogens (primary N) is 1. The molecule has 0 spiro atoms. The van der Waals surface area contributed by atoms with Gasteiger partial charge in [-0.3, -0.25) is 29.5 Å². The van der Waals surface area contributed by atoms with Crippen LogP contribution in [0.25, 0.3) is 10.9 Å². The van der Waals surface area contributed by atoms with Crippen LogP contribution < -0.4 is 30.7 Å². The summed E-state index contributed by atoms with van der Waals surface area (Å²) in [5.74, 6) is 2.36. The lowest BCUT2D eigenvalue weighted by molar-refractivity contribution is -0.139. The van der Waals surface area contributed by atoms with Gasteiger partial charge >= 0.3 is 12.2 Å². The molecular weight excluding hydrogens is 891 g/mol. The van der Waals surface area contributed by atoms with E-state index in [-0.39, 0.29) is 54.8 Å². The van der Waals surface area contributed by atoms with E-state index in [1.165, 1.54) is 11.0 Å². The lowest BCUT2D eigenvalue weighted by Crippen LogP contribution is -2.52. The Labute approximate surface area is 392 Å². The monoisotopic (exact) mass is 947 g/mol. The van der Waals surface area contributed by atoms with Gasteiger partial charge in [0.05, 0.1) is 34.9 Å². The van der Waals surface area contributed by atoms with E-state index in [0.717, 1.165) is 81.2 Å². The van der Waals surface area contributed by atoms with Crippen LogP contribution in [0.3, 0.4) is 0 Å². The smallest absolute Gasteiger partial charge is 0.416 e. The van der Waals surface area contributed by atoms with Gasteiger partial charge in [-0.1, -0.05) is 11.6 Å². The van der Waals surface area contributed by atoms with Crippen molar-refractivity contribution in [1.82, 2.24) is 30.0 Å². The molecule has 19 heteroatoms. The normalized spacial score (nSPS) is 20.4. The van der Waals surface area contributed by atoms with Crippen molar-refractivity contribution in [3.8, 4) is 11.5 Å². The predicted molar refractivity (Wildman–Crippen MR) is 248 cm³/mol. The van der Waals surface area contributed by atoms with Gasteiger partial charge in [-0.15, -0.1) is 0 Å². The average molecular weight is 948 g/mol. The topological polar surface area (TPSA) is 176 Å². The number of fused-ring (bicyclic) bond motifs is 1. The van der Waals surface area contributed by atoms with E-state index in [4.69, 9.17) is 26.8 Å². The first-order valence-corrected chi connectivity index (χ1v) is 23.3. The summed E-state index contributed by atoms with van der Waals surface area (Å²) in [4.78, 5) is 67.9. The van der Waals surface area contributed by atoms with E-state index in [2.05, 4.69) is 25.5 Å². The standard InChI is InChI=1S/C48H57ClF3N9O6/c1-28(33-20-34(48(50,51)52)22-35(53)21-33)54-45-38-24-37(42(66-3)25-40(38)55-29(2)56-45)31-4-6-32(7-5-31)46(64)60-18-16-58(17-19-60)26-30-10-13-59(14-11-30)44(63)27-67-36-8-9-39(49)41(23-36)61-15-12-43(62)57-47(61)65/h8-9,20-25,28,30-32H,4-7,10-19,26-27,53H2,1-3H3,(H,54,55,56)(H,57,62,65)/t28-,31?,32?/m1/s1. The maximum atomic E-state index is 13.9. The third-order valence-electron chi connectivity index (χ3n) is 13.6. The molecule has 4 fully saturated rings. The van der Waals surface area contributed by atoms with Crippen LogP contribution in [0.1, 0.15) is 86.3 Å². The van der Waals surface area contributed by atoms with Crippen molar-refractivity contribution in [1.29, 1.82) is 0 Å². The highest BCUT2D eigenvalue weighted by Crippen LogP contribution is 2.43. The van der Waals surface area contributed by atoms with Gasteiger partial charge in [0, 0.05) is 87.9 Å². The van der Waals surface area contributed by atoms with Crippen LogP contribution in [-0.2, 0) is 20.6 Å². The highest BCUT2D eigenvalue weighted by molar-refractivity contribution is 6.34. The van der Waals surface area contributed by atoms with E-state index < -0.39 is 23.8 Å². The number of rotatable bonds is 12. The third kappa shape index (κ3) is 11.1. The summed E-state index contributed by atoms with van der Waals surface area (Å²) in [6, 6.07) is 11.2. The molecule has 5 amide bonds. The molecule has 358 valence electrons. The molecule has 0 unspecified atom stereocenters. The molecule has 4 aromatic rings. The fraction of sp³-hybridized carbons (Fsp3) is 0.500. The molecule has 3 aliphatic heterocycles. The number of piperazine rings is 1. The molecule has 15 nitrogen and oxygen atoms in total. The van der Waals surface area contributed by atoms with Crippen molar-refractivity contribution < 1.29 is 41.8 Å². The number of piperidine rings is 1. The first-order valence-electron chi connectivity index (χ1n) is 23.0. The molecule has 1 saturated carbocycles. The predicted octanol–water partition coefficient (Wildman–Crippen LogP) is 7.56. The molecule has 3 aromatic carbocycles. The van der Waals surface area contributed by atoms with Crippen LogP contribution in [0.4, 0.5) is 35.2 Å². The van der Waals surface area contributed by atoms with Crippen LogP contribution in [0.2, 0.25) is 5.02 Å². The number of benzene rings is 3. The number of ether oxygens (including phenoxy) is 2. The molecule has 0 radical (unpaired) electrons. The average Bonchev–Trinajstić information content (AvgIpc) is 3.30. The molecule has 4 N–H and O–H groups in total. The van der Waals surface area contributed by atoms with Gasteiger partial charge in [-0.05, 0) is 112 Å². The Hall–Kier alpha value is -5.88. The number of urea groups is 1. The number of halogens is 4. The van der Waals surface area contributed by atoms with Crippen LogP contribution in [0, 0.1) is 18.8 Å². The van der Waals surface area contributed by atoms with Gasteiger partial charge in [0.15, 0.2) is 6.61 Å². The Morgan fingerprint density at radius 1 is 0.925 bits per heavy atom. The van der Waals surface area contributed by atoms with Crippen LogP contribution in [0.15, 0.2) is 48.5 Å². The van der Waals surface area contributed by atoms with Crippen molar-refractivity contribution in [3.63, 3.8) is 0 Å². The lowest BCUT2D eigenvalue weighted by atomic mass is 9.77. The van der Waals surface area contributed by atoms with E-state index >= 15 is 0 Å². The number of alkyl halides is 3. The quantitative estimate of drug-likeness (QED) is 0.120. The summed E-state index contributed by atoms with van der Waals surface area (Å²) in [6.45, 7) is 8.74. The zero-order valence-corrected chi connectivity index (χ0v) is 38.7. The number of nitrogen functional groups attached to an aromatic ring is 1. The van der Waals surface area contributed by atoms with Crippen molar-refractivity contribution in [2.24, 2.45) is 11.8 Å². The maximum absolute atomic E-state index is 13.9. The number of imide groups is 1. The number of likely N-dealkylation sites (tertiary alicyclic amines) is 1. The number of amides is 5. The van der Waals surface area contributed by atoms with Gasteiger partial charge in [-0.25, -0.2) is 14.8 Å². The Bertz CT molecular complexity index is 2510. The first-order chi connectivity index (χ1) is 32.0. The fourth-order valence-electron chi connectivity index (χ4n) is 9.88. The highest BCUT2D eigenvalue weighted by atomic mass is 35.5. The number of carbonyl (C=O) groups is 4. The second-order valence-corrected chi connectivity index (χ2v) is 18.5. The number of anilines is 3. The highest BCUT2D eigenvalue weighted by Gasteiger charge is 2.35. The van der Waals surface area contributed by atoms with Gasteiger partial charge in [0.1, 0.15) is 23.1 Å². The van der Waals surface area contributed by atoms with Crippen molar-refractivity contribution in [2.75, 3.05) is 82.0 Å². The summed E-state index contributed by atoms with van der Waals surface area (Å²) in [6.07, 6.45) is 0.473. The number of nitrogens with zero attached hydrogens (tertiary/aromatic N) is 6. The molecule has 0 bridgehead atoms. The number of aromatic nitrogens is 2. The number of hydrogen-bond acceptors (Lipinski definition) is 11. The van der Waals surface area contributed by atoms with E-state index in [0.29, 0.717) is 77.0 Å². The van der Waals surface area contributed by atoms with Crippen molar-refractivity contribution in [2.45, 2.75) is 76.9 Å². The second-order valence-electron chi connectivity index (χ2n) is 18.1. The summed E-state index contributed by atoms with van der Waals surface area (Å²) < 4.78 is 52.5. The van der Waals surface area contributed by atoms with E-state index in [1.807, 2.05) is 21.9 Å². The minimum Gasteiger partial charge on any atom is -0.496 e. The zero-order valence-electron chi connectivity index (χ0n) is 38.0.